The van der Waals surface area contributed by atoms with Gasteiger partial charge in [-0.15, -0.1) is 0 Å². The minimum absolute atomic E-state index is 0.100. The lowest BCUT2D eigenvalue weighted by Crippen LogP contribution is -2.33. The molecule has 2 rings (SSSR count). The predicted octanol–water partition coefficient (Wildman–Crippen LogP) is 1.75. The molecular weight excluding hydrogens is 313 g/mol. The van der Waals surface area contributed by atoms with Crippen molar-refractivity contribution in [2.45, 2.75) is 37.8 Å². The van der Waals surface area contributed by atoms with Crippen molar-refractivity contribution in [2.75, 3.05) is 26.4 Å². The van der Waals surface area contributed by atoms with E-state index in [1.165, 1.54) is 12.1 Å². The van der Waals surface area contributed by atoms with Crippen LogP contribution in [0.4, 0.5) is 13.2 Å². The van der Waals surface area contributed by atoms with E-state index in [0.29, 0.717) is 13.2 Å². The number of pyridine rings is 1. The van der Waals surface area contributed by atoms with E-state index in [0.717, 1.165) is 18.9 Å². The Morgan fingerprint density at radius 2 is 2.09 bits per heavy atom. The molecule has 0 saturated carbocycles. The molecule has 2 heterocycles. The molecule has 0 radical (unpaired) electrons. The Morgan fingerprint density at radius 3 is 2.78 bits per heavy atom. The second kappa shape index (κ2) is 8.58. The van der Waals surface area contributed by atoms with Crippen LogP contribution in [0.1, 0.15) is 24.2 Å². The highest BCUT2D eigenvalue weighted by atomic mass is 19.4. The number of nitrogens with one attached hydrogen (secondary N) is 1. The maximum Gasteiger partial charge on any atom is 0.433 e. The molecule has 1 aliphatic rings. The molecule has 2 N–H and O–H groups in total. The Bertz CT molecular complexity index is 479. The van der Waals surface area contributed by atoms with E-state index >= 15 is 0 Å². The van der Waals surface area contributed by atoms with E-state index < -0.39 is 18.0 Å². The largest absolute Gasteiger partial charge is 0.433 e. The number of hydrogen-bond acceptors (Lipinski definition) is 5. The van der Waals surface area contributed by atoms with Crippen LogP contribution in [-0.4, -0.2) is 48.7 Å². The molecule has 0 amide bonds. The van der Waals surface area contributed by atoms with Crippen LogP contribution in [0.3, 0.4) is 0 Å². The van der Waals surface area contributed by atoms with Gasteiger partial charge in [0.25, 0.3) is 0 Å². The predicted molar refractivity (Wildman–Crippen MR) is 76.7 cm³/mol. The minimum atomic E-state index is -4.45. The quantitative estimate of drug-likeness (QED) is 0.795. The molecule has 1 fully saturated rings. The lowest BCUT2D eigenvalue weighted by atomic mass is 10.1. The van der Waals surface area contributed by atoms with Crippen LogP contribution in [0, 0.1) is 0 Å². The van der Waals surface area contributed by atoms with Gasteiger partial charge in [-0.3, -0.25) is 0 Å². The second-order valence-corrected chi connectivity index (χ2v) is 5.44. The van der Waals surface area contributed by atoms with Gasteiger partial charge in [0.15, 0.2) is 0 Å². The summed E-state index contributed by atoms with van der Waals surface area (Å²) in [5, 5.41) is 12.7. The lowest BCUT2D eigenvalue weighted by Gasteiger charge is -2.23. The Hall–Kier alpha value is -1.22. The number of aliphatic hydroxyl groups is 1. The Labute approximate surface area is 132 Å². The number of nitrogens with zero attached hydrogens (tertiary/aromatic N) is 1. The van der Waals surface area contributed by atoms with Crippen molar-refractivity contribution in [3.8, 4) is 0 Å². The van der Waals surface area contributed by atoms with Crippen LogP contribution in [0.2, 0.25) is 0 Å². The fourth-order valence-electron chi connectivity index (χ4n) is 2.25. The molecule has 8 heteroatoms. The van der Waals surface area contributed by atoms with Crippen molar-refractivity contribution in [2.24, 2.45) is 0 Å². The van der Waals surface area contributed by atoms with Gasteiger partial charge >= 0.3 is 6.18 Å². The molecule has 0 aromatic carbocycles. The molecule has 1 saturated heterocycles. The summed E-state index contributed by atoms with van der Waals surface area (Å²) in [6, 6.07) is 3.75. The first-order chi connectivity index (χ1) is 10.9. The normalized spacial score (nSPS) is 18.1. The van der Waals surface area contributed by atoms with Gasteiger partial charge in [-0.25, -0.2) is 4.98 Å². The topological polar surface area (TPSA) is 63.6 Å². The van der Waals surface area contributed by atoms with Crippen molar-refractivity contribution in [1.82, 2.24) is 10.3 Å². The number of rotatable bonds is 7. The summed E-state index contributed by atoms with van der Waals surface area (Å²) in [7, 11) is 0. The number of aromatic nitrogens is 1. The molecule has 1 aliphatic heterocycles. The highest BCUT2D eigenvalue weighted by molar-refractivity contribution is 5.13. The Balaban J connectivity index is 1.67. The van der Waals surface area contributed by atoms with E-state index in [1.54, 1.807) is 0 Å². The fraction of sp³-hybridized carbons (Fsp3) is 0.667. The van der Waals surface area contributed by atoms with Crippen LogP contribution in [0.25, 0.3) is 0 Å². The number of hydrogen-bond donors (Lipinski definition) is 2. The maximum atomic E-state index is 12.5. The van der Waals surface area contributed by atoms with Crippen molar-refractivity contribution in [3.63, 3.8) is 0 Å². The van der Waals surface area contributed by atoms with E-state index in [-0.39, 0.29) is 31.5 Å². The van der Waals surface area contributed by atoms with Crippen LogP contribution < -0.4 is 5.32 Å². The third-order valence-electron chi connectivity index (χ3n) is 3.48. The smallest absolute Gasteiger partial charge is 0.389 e. The first-order valence-electron chi connectivity index (χ1n) is 7.56. The first kappa shape index (κ1) is 18.1. The number of halogens is 3. The van der Waals surface area contributed by atoms with Crippen LogP contribution in [0.15, 0.2) is 18.2 Å². The molecule has 1 atom stereocenters. The monoisotopic (exact) mass is 334 g/mol. The first-order valence-corrected chi connectivity index (χ1v) is 7.56. The summed E-state index contributed by atoms with van der Waals surface area (Å²) in [4.78, 5) is 3.55. The van der Waals surface area contributed by atoms with Crippen LogP contribution >= 0.6 is 0 Å². The second-order valence-electron chi connectivity index (χ2n) is 5.44. The molecule has 1 aromatic heterocycles. The van der Waals surface area contributed by atoms with E-state index in [2.05, 4.69) is 10.3 Å². The molecule has 0 bridgehead atoms. The van der Waals surface area contributed by atoms with Gasteiger partial charge in [-0.05, 0) is 25.0 Å². The number of ether oxygens (including phenoxy) is 2. The highest BCUT2D eigenvalue weighted by Gasteiger charge is 2.32. The summed E-state index contributed by atoms with van der Waals surface area (Å²) in [6.07, 6.45) is -3.44. The van der Waals surface area contributed by atoms with Gasteiger partial charge in [0.05, 0.1) is 24.5 Å². The van der Waals surface area contributed by atoms with Crippen molar-refractivity contribution >= 4 is 0 Å². The van der Waals surface area contributed by atoms with Crippen LogP contribution in [-0.2, 0) is 22.2 Å². The maximum absolute atomic E-state index is 12.5. The zero-order valence-corrected chi connectivity index (χ0v) is 12.7. The molecule has 0 aliphatic carbocycles. The van der Waals surface area contributed by atoms with Gasteiger partial charge < -0.3 is 19.9 Å². The zero-order chi connectivity index (χ0) is 16.7. The SMILES string of the molecule is OC(CNCc1cccc(C(F)(F)F)n1)COC1CCOCC1. The minimum Gasteiger partial charge on any atom is -0.389 e. The zero-order valence-electron chi connectivity index (χ0n) is 12.7. The number of alkyl halides is 3. The molecule has 130 valence electrons. The van der Waals surface area contributed by atoms with Crippen LogP contribution in [0.5, 0.6) is 0 Å². The molecule has 5 nitrogen and oxygen atoms in total. The van der Waals surface area contributed by atoms with Crippen molar-refractivity contribution in [1.29, 1.82) is 0 Å². The van der Waals surface area contributed by atoms with E-state index in [1.807, 2.05) is 0 Å². The standard InChI is InChI=1S/C15H21F3N2O3/c16-15(17,18)14-3-1-2-11(20-14)8-19-9-12(21)10-23-13-4-6-22-7-5-13/h1-3,12-13,19,21H,4-10H2. The van der Waals surface area contributed by atoms with E-state index in [4.69, 9.17) is 9.47 Å². The van der Waals surface area contributed by atoms with Gasteiger partial charge in [-0.1, -0.05) is 6.07 Å². The third-order valence-corrected chi connectivity index (χ3v) is 3.48. The van der Waals surface area contributed by atoms with E-state index in [9.17, 15) is 18.3 Å². The van der Waals surface area contributed by atoms with Crippen molar-refractivity contribution < 1.29 is 27.8 Å². The van der Waals surface area contributed by atoms with Gasteiger partial charge in [0.2, 0.25) is 0 Å². The Kier molecular flexibility index (Phi) is 6.76. The third kappa shape index (κ3) is 6.42. The summed E-state index contributed by atoms with van der Waals surface area (Å²) in [6.45, 7) is 1.90. The summed E-state index contributed by atoms with van der Waals surface area (Å²) < 4.78 is 48.4. The van der Waals surface area contributed by atoms with Crippen molar-refractivity contribution in [3.05, 3.63) is 29.6 Å². The average Bonchev–Trinajstić information content (AvgIpc) is 2.53. The Morgan fingerprint density at radius 1 is 1.35 bits per heavy atom. The summed E-state index contributed by atoms with van der Waals surface area (Å²) >= 11 is 0. The fourth-order valence-corrected chi connectivity index (χ4v) is 2.25. The molecule has 1 unspecified atom stereocenters. The molecular formula is C15H21F3N2O3. The molecule has 23 heavy (non-hydrogen) atoms. The van der Waals surface area contributed by atoms with Gasteiger partial charge in [-0.2, -0.15) is 13.2 Å². The summed E-state index contributed by atoms with van der Waals surface area (Å²) in [5.41, 5.74) is -0.641. The summed E-state index contributed by atoms with van der Waals surface area (Å²) in [5.74, 6) is 0. The molecule has 0 spiro atoms. The highest BCUT2D eigenvalue weighted by Crippen LogP contribution is 2.27. The molecule has 1 aromatic rings. The average molecular weight is 334 g/mol. The van der Waals surface area contributed by atoms with Gasteiger partial charge in [0.1, 0.15) is 5.69 Å². The number of aliphatic hydroxyl groups excluding tert-OH is 1. The van der Waals surface area contributed by atoms with Gasteiger partial charge in [0, 0.05) is 26.3 Å². The lowest BCUT2D eigenvalue weighted by molar-refractivity contribution is -0.141.